The number of aryl methyl sites for hydroxylation is 2. The number of hydrogen-bond acceptors (Lipinski definition) is 4. The average molecular weight is 478 g/mol. The molecule has 0 atom stereocenters. The maximum absolute atomic E-state index is 14.0. The predicted molar refractivity (Wildman–Crippen MR) is 118 cm³/mol. The third-order valence-corrected chi connectivity index (χ3v) is 6.78. The molecule has 1 N–H and O–H groups in total. The van der Waals surface area contributed by atoms with Crippen LogP contribution in [0.3, 0.4) is 0 Å². The Bertz CT molecular complexity index is 1300. The fourth-order valence-corrected chi connectivity index (χ4v) is 4.84. The summed E-state index contributed by atoms with van der Waals surface area (Å²) in [7, 11) is -2.79. The van der Waals surface area contributed by atoms with Crippen molar-refractivity contribution in [1.29, 1.82) is 0 Å². The molecular formula is C23H21F3N2O4S. The highest BCUT2D eigenvalue weighted by Gasteiger charge is 2.29. The Morgan fingerprint density at radius 1 is 0.970 bits per heavy atom. The van der Waals surface area contributed by atoms with Gasteiger partial charge in [0.1, 0.15) is 12.3 Å². The summed E-state index contributed by atoms with van der Waals surface area (Å²) < 4.78 is 73.7. The van der Waals surface area contributed by atoms with Crippen molar-refractivity contribution in [3.05, 3.63) is 83.2 Å². The van der Waals surface area contributed by atoms with E-state index in [0.29, 0.717) is 22.9 Å². The van der Waals surface area contributed by atoms with Gasteiger partial charge in [-0.05, 0) is 67.4 Å². The van der Waals surface area contributed by atoms with Gasteiger partial charge in [0.25, 0.3) is 10.0 Å². The standard InChI is InChI=1S/C23H21F3N2O4S/c1-14-4-5-15(2)20(12-14)33(30,31)28(16-6-8-17(32-3)9-7-16)13-21(29)27-19-11-10-18(24)22(25)23(19)26/h4-12H,13H2,1-3H3,(H,27,29). The van der Waals surface area contributed by atoms with Crippen molar-refractivity contribution in [2.24, 2.45) is 0 Å². The van der Waals surface area contributed by atoms with Gasteiger partial charge in [-0.25, -0.2) is 21.6 Å². The summed E-state index contributed by atoms with van der Waals surface area (Å²) in [5.41, 5.74) is 0.698. The fourth-order valence-electron chi connectivity index (χ4n) is 3.11. The monoisotopic (exact) mass is 478 g/mol. The van der Waals surface area contributed by atoms with E-state index in [1.165, 1.54) is 37.4 Å². The van der Waals surface area contributed by atoms with E-state index in [0.717, 1.165) is 10.4 Å². The molecule has 0 bridgehead atoms. The number of carbonyl (C=O) groups excluding carboxylic acids is 1. The van der Waals surface area contributed by atoms with Gasteiger partial charge in [-0.1, -0.05) is 12.1 Å². The molecule has 0 saturated carbocycles. The lowest BCUT2D eigenvalue weighted by Gasteiger charge is -2.25. The second kappa shape index (κ2) is 9.53. The molecule has 1 amide bonds. The first-order chi connectivity index (χ1) is 15.5. The molecule has 0 aliphatic carbocycles. The lowest BCUT2D eigenvalue weighted by atomic mass is 10.2. The lowest BCUT2D eigenvalue weighted by molar-refractivity contribution is -0.114. The zero-order chi connectivity index (χ0) is 24.3. The molecule has 33 heavy (non-hydrogen) atoms. The number of halogens is 3. The smallest absolute Gasteiger partial charge is 0.265 e. The number of ether oxygens (including phenoxy) is 1. The molecular weight excluding hydrogens is 457 g/mol. The van der Waals surface area contributed by atoms with Crippen molar-refractivity contribution in [3.63, 3.8) is 0 Å². The van der Waals surface area contributed by atoms with Gasteiger partial charge >= 0.3 is 0 Å². The van der Waals surface area contributed by atoms with E-state index in [2.05, 4.69) is 5.32 Å². The molecule has 0 saturated heterocycles. The van der Waals surface area contributed by atoms with Gasteiger partial charge in [-0.3, -0.25) is 9.10 Å². The van der Waals surface area contributed by atoms with Gasteiger partial charge in [-0.2, -0.15) is 0 Å². The summed E-state index contributed by atoms with van der Waals surface area (Å²) in [6.07, 6.45) is 0. The van der Waals surface area contributed by atoms with Gasteiger partial charge in [-0.15, -0.1) is 0 Å². The van der Waals surface area contributed by atoms with Crippen LogP contribution in [0.4, 0.5) is 24.5 Å². The summed E-state index contributed by atoms with van der Waals surface area (Å²) >= 11 is 0. The van der Waals surface area contributed by atoms with Crippen LogP contribution in [-0.2, 0) is 14.8 Å². The Hall–Kier alpha value is -3.53. The topological polar surface area (TPSA) is 75.7 Å². The summed E-state index contributed by atoms with van der Waals surface area (Å²) in [5.74, 6) is -5.23. The number of nitrogens with zero attached hydrogens (tertiary/aromatic N) is 1. The number of hydrogen-bond donors (Lipinski definition) is 1. The van der Waals surface area contributed by atoms with Gasteiger partial charge in [0, 0.05) is 0 Å². The maximum atomic E-state index is 14.0. The number of sulfonamides is 1. The zero-order valence-corrected chi connectivity index (χ0v) is 18.8. The fraction of sp³-hybridized carbons (Fsp3) is 0.174. The molecule has 0 aromatic heterocycles. The second-order valence-corrected chi connectivity index (χ2v) is 9.08. The van der Waals surface area contributed by atoms with Crippen molar-refractivity contribution in [2.75, 3.05) is 23.3 Å². The van der Waals surface area contributed by atoms with Crippen LogP contribution in [0.1, 0.15) is 11.1 Å². The Labute approximate surface area is 189 Å². The van der Waals surface area contributed by atoms with E-state index < -0.39 is 45.6 Å². The van der Waals surface area contributed by atoms with E-state index in [9.17, 15) is 26.4 Å². The third kappa shape index (κ3) is 5.11. The highest BCUT2D eigenvalue weighted by molar-refractivity contribution is 7.93. The summed E-state index contributed by atoms with van der Waals surface area (Å²) in [4.78, 5) is 12.7. The molecule has 0 aliphatic heterocycles. The summed E-state index contributed by atoms with van der Waals surface area (Å²) in [6, 6.07) is 12.3. The molecule has 3 rings (SSSR count). The number of nitrogens with one attached hydrogen (secondary N) is 1. The van der Waals surface area contributed by atoms with Crippen LogP contribution < -0.4 is 14.4 Å². The van der Waals surface area contributed by atoms with Gasteiger partial charge in [0.05, 0.1) is 23.4 Å². The highest BCUT2D eigenvalue weighted by Crippen LogP contribution is 2.28. The first-order valence-electron chi connectivity index (χ1n) is 9.72. The normalized spacial score (nSPS) is 11.2. The van der Waals surface area contributed by atoms with Crippen LogP contribution in [-0.4, -0.2) is 28.0 Å². The van der Waals surface area contributed by atoms with Gasteiger partial charge in [0.2, 0.25) is 5.91 Å². The quantitative estimate of drug-likeness (QED) is 0.505. The molecule has 3 aromatic rings. The summed E-state index contributed by atoms with van der Waals surface area (Å²) in [6.45, 7) is 2.60. The van der Waals surface area contributed by atoms with Gasteiger partial charge in [0.15, 0.2) is 17.5 Å². The largest absolute Gasteiger partial charge is 0.497 e. The number of anilines is 2. The van der Waals surface area contributed by atoms with E-state index >= 15 is 0 Å². The van der Waals surface area contributed by atoms with Crippen molar-refractivity contribution >= 4 is 27.3 Å². The number of rotatable bonds is 7. The molecule has 10 heteroatoms. The van der Waals surface area contributed by atoms with E-state index in [1.54, 1.807) is 26.0 Å². The van der Waals surface area contributed by atoms with Gasteiger partial charge < -0.3 is 10.1 Å². The lowest BCUT2D eigenvalue weighted by Crippen LogP contribution is -2.38. The number of methoxy groups -OCH3 is 1. The molecule has 0 aliphatic rings. The van der Waals surface area contributed by atoms with Crippen molar-refractivity contribution in [3.8, 4) is 5.75 Å². The first kappa shape index (κ1) is 24.1. The molecule has 6 nitrogen and oxygen atoms in total. The zero-order valence-electron chi connectivity index (χ0n) is 18.0. The Morgan fingerprint density at radius 3 is 2.27 bits per heavy atom. The summed E-state index contributed by atoms with van der Waals surface area (Å²) in [5, 5.41) is 2.10. The third-order valence-electron chi connectivity index (χ3n) is 4.87. The second-order valence-electron chi connectivity index (χ2n) is 7.25. The number of carbonyl (C=O) groups is 1. The Balaban J connectivity index is 2.01. The van der Waals surface area contributed by atoms with E-state index in [4.69, 9.17) is 4.74 Å². The minimum absolute atomic E-state index is 0.00914. The van der Waals surface area contributed by atoms with Crippen LogP contribution in [0.15, 0.2) is 59.5 Å². The molecule has 3 aromatic carbocycles. The molecule has 0 unspecified atom stereocenters. The Morgan fingerprint density at radius 2 is 1.64 bits per heavy atom. The molecule has 0 spiro atoms. The number of amides is 1. The van der Waals surface area contributed by atoms with Crippen LogP contribution in [0.2, 0.25) is 0 Å². The highest BCUT2D eigenvalue weighted by atomic mass is 32.2. The SMILES string of the molecule is COc1ccc(N(CC(=O)Nc2ccc(F)c(F)c2F)S(=O)(=O)c2cc(C)ccc2C)cc1. The van der Waals surface area contributed by atoms with Crippen molar-refractivity contribution < 1.29 is 31.1 Å². The average Bonchev–Trinajstić information content (AvgIpc) is 2.79. The molecule has 0 fully saturated rings. The van der Waals surface area contributed by atoms with Crippen LogP contribution in [0.25, 0.3) is 0 Å². The van der Waals surface area contributed by atoms with E-state index in [1.807, 2.05) is 0 Å². The molecule has 0 heterocycles. The first-order valence-corrected chi connectivity index (χ1v) is 11.2. The molecule has 0 radical (unpaired) electrons. The maximum Gasteiger partial charge on any atom is 0.265 e. The minimum Gasteiger partial charge on any atom is -0.497 e. The molecule has 174 valence electrons. The number of benzene rings is 3. The van der Waals surface area contributed by atoms with Crippen molar-refractivity contribution in [1.82, 2.24) is 0 Å². The predicted octanol–water partition coefficient (Wildman–Crippen LogP) is 4.56. The van der Waals surface area contributed by atoms with Crippen LogP contribution in [0.5, 0.6) is 5.75 Å². The minimum atomic E-state index is -4.24. The Kier molecular flexibility index (Phi) is 6.97. The van der Waals surface area contributed by atoms with Crippen LogP contribution >= 0.6 is 0 Å². The van der Waals surface area contributed by atoms with E-state index in [-0.39, 0.29) is 10.6 Å². The van der Waals surface area contributed by atoms with Crippen molar-refractivity contribution in [2.45, 2.75) is 18.7 Å². The van der Waals surface area contributed by atoms with Crippen LogP contribution in [0, 0.1) is 31.3 Å².